The summed E-state index contributed by atoms with van der Waals surface area (Å²) in [4.78, 5) is 28.7. The molecule has 1 amide bonds. The molecule has 1 saturated heterocycles. The molecule has 1 fully saturated rings. The van der Waals surface area contributed by atoms with Gasteiger partial charge in [-0.15, -0.1) is 0 Å². The fourth-order valence-electron chi connectivity index (χ4n) is 3.75. The molecule has 1 unspecified atom stereocenters. The number of ketones is 1. The van der Waals surface area contributed by atoms with Gasteiger partial charge in [-0.25, -0.2) is 0 Å². The molecule has 0 radical (unpaired) electrons. The van der Waals surface area contributed by atoms with E-state index in [0.717, 1.165) is 25.2 Å². The van der Waals surface area contributed by atoms with E-state index in [1.807, 2.05) is 12.1 Å². The number of amides is 1. The van der Waals surface area contributed by atoms with Crippen molar-refractivity contribution in [2.45, 2.75) is 25.8 Å². The van der Waals surface area contributed by atoms with Crippen LogP contribution in [0.3, 0.4) is 0 Å². The van der Waals surface area contributed by atoms with Gasteiger partial charge in [0.2, 0.25) is 0 Å². The van der Waals surface area contributed by atoms with Gasteiger partial charge < -0.3 is 19.6 Å². The number of rotatable bonds is 8. The molecular formula is C21H26N2O4. The lowest BCUT2D eigenvalue weighted by molar-refractivity contribution is -0.129. The summed E-state index contributed by atoms with van der Waals surface area (Å²) >= 11 is 0. The Balaban J connectivity index is 1.84. The molecule has 1 N–H and O–H groups in total. The molecule has 3 rings (SSSR count). The van der Waals surface area contributed by atoms with Crippen molar-refractivity contribution in [3.05, 3.63) is 53.8 Å². The maximum Gasteiger partial charge on any atom is 0.290 e. The largest absolute Gasteiger partial charge is 0.503 e. The predicted octanol–water partition coefficient (Wildman–Crippen LogP) is 2.63. The van der Waals surface area contributed by atoms with Crippen LogP contribution in [0.2, 0.25) is 0 Å². The number of carbonyl (C=O) groups excluding carboxylic acids is 2. The summed E-state index contributed by atoms with van der Waals surface area (Å²) in [6.45, 7) is 8.68. The minimum atomic E-state index is -0.564. The van der Waals surface area contributed by atoms with Gasteiger partial charge in [0.05, 0.1) is 11.6 Å². The van der Waals surface area contributed by atoms with Gasteiger partial charge in [-0.05, 0) is 50.6 Å². The van der Waals surface area contributed by atoms with Crippen molar-refractivity contribution in [3.63, 3.8) is 0 Å². The Bertz CT molecular complexity index is 748. The second kappa shape index (κ2) is 8.39. The quantitative estimate of drug-likeness (QED) is 0.713. The van der Waals surface area contributed by atoms with Gasteiger partial charge in [0, 0.05) is 13.1 Å². The van der Waals surface area contributed by atoms with Crippen LogP contribution in [0.25, 0.3) is 0 Å². The van der Waals surface area contributed by atoms with Crippen LogP contribution in [0.5, 0.6) is 5.75 Å². The van der Waals surface area contributed by atoms with Gasteiger partial charge in [-0.3, -0.25) is 9.59 Å². The van der Waals surface area contributed by atoms with Crippen LogP contribution in [0, 0.1) is 0 Å². The first-order valence-corrected chi connectivity index (χ1v) is 9.34. The van der Waals surface area contributed by atoms with Crippen LogP contribution in [-0.2, 0) is 9.59 Å². The average molecular weight is 370 g/mol. The second-order valence-corrected chi connectivity index (χ2v) is 6.94. The van der Waals surface area contributed by atoms with Crippen LogP contribution in [-0.4, -0.2) is 59.4 Å². The van der Waals surface area contributed by atoms with Gasteiger partial charge >= 0.3 is 0 Å². The molecule has 1 atom stereocenters. The zero-order valence-electron chi connectivity index (χ0n) is 15.7. The molecule has 2 aliphatic rings. The molecule has 0 spiro atoms. The highest BCUT2D eigenvalue weighted by molar-refractivity contribution is 6.08. The smallest absolute Gasteiger partial charge is 0.290 e. The Kier molecular flexibility index (Phi) is 5.96. The van der Waals surface area contributed by atoms with Gasteiger partial charge in [-0.2, -0.15) is 0 Å². The van der Waals surface area contributed by atoms with Gasteiger partial charge in [0.25, 0.3) is 5.91 Å². The SMILES string of the molecule is C=CCOc1ccc(C2C(C(C)=O)=C(O)C(=O)N2CCN2CCCC2)cc1. The van der Waals surface area contributed by atoms with Crippen molar-refractivity contribution in [3.8, 4) is 5.75 Å². The molecule has 0 aromatic heterocycles. The van der Waals surface area contributed by atoms with Crippen LogP contribution in [0.15, 0.2) is 48.3 Å². The maximum atomic E-state index is 12.6. The maximum absolute atomic E-state index is 12.6. The van der Waals surface area contributed by atoms with Crippen molar-refractivity contribution in [1.82, 2.24) is 9.80 Å². The number of hydrogen-bond donors (Lipinski definition) is 1. The van der Waals surface area contributed by atoms with E-state index in [4.69, 9.17) is 4.74 Å². The zero-order valence-corrected chi connectivity index (χ0v) is 15.7. The lowest BCUT2D eigenvalue weighted by atomic mass is 9.96. The molecule has 1 aromatic rings. The van der Waals surface area contributed by atoms with E-state index in [9.17, 15) is 14.7 Å². The van der Waals surface area contributed by atoms with E-state index in [0.29, 0.717) is 18.9 Å². The van der Waals surface area contributed by atoms with E-state index >= 15 is 0 Å². The third-order valence-electron chi connectivity index (χ3n) is 5.10. The number of nitrogens with zero attached hydrogens (tertiary/aromatic N) is 2. The lowest BCUT2D eigenvalue weighted by Crippen LogP contribution is -2.37. The Labute approximate surface area is 159 Å². The number of aliphatic hydroxyl groups excluding tert-OH is 1. The number of benzene rings is 1. The van der Waals surface area contributed by atoms with E-state index in [1.165, 1.54) is 19.8 Å². The van der Waals surface area contributed by atoms with E-state index in [2.05, 4.69) is 11.5 Å². The van der Waals surface area contributed by atoms with Crippen molar-refractivity contribution >= 4 is 11.7 Å². The summed E-state index contributed by atoms with van der Waals surface area (Å²) in [5, 5.41) is 10.3. The highest BCUT2D eigenvalue weighted by atomic mass is 16.5. The molecule has 0 aliphatic carbocycles. The number of ether oxygens (including phenoxy) is 1. The monoisotopic (exact) mass is 370 g/mol. The van der Waals surface area contributed by atoms with E-state index < -0.39 is 17.7 Å². The normalized spacial score (nSPS) is 20.4. The molecule has 0 bridgehead atoms. The van der Waals surface area contributed by atoms with Crippen LogP contribution in [0.1, 0.15) is 31.4 Å². The molecule has 0 saturated carbocycles. The summed E-state index contributed by atoms with van der Waals surface area (Å²) < 4.78 is 5.50. The molecule has 2 heterocycles. The molecule has 6 nitrogen and oxygen atoms in total. The molecular weight excluding hydrogens is 344 g/mol. The first kappa shape index (κ1) is 19.2. The van der Waals surface area contributed by atoms with E-state index in [-0.39, 0.29) is 11.4 Å². The Morgan fingerprint density at radius 2 is 1.93 bits per heavy atom. The Morgan fingerprint density at radius 1 is 1.26 bits per heavy atom. The van der Waals surface area contributed by atoms with Crippen molar-refractivity contribution in [1.29, 1.82) is 0 Å². The number of carbonyl (C=O) groups is 2. The number of Topliss-reactive ketones (excluding diaryl/α,β-unsaturated/α-hetero) is 1. The first-order chi connectivity index (χ1) is 13.0. The molecule has 1 aromatic carbocycles. The minimum absolute atomic E-state index is 0.168. The topological polar surface area (TPSA) is 70.1 Å². The molecule has 6 heteroatoms. The van der Waals surface area contributed by atoms with Crippen LogP contribution >= 0.6 is 0 Å². The Hall–Kier alpha value is -2.60. The summed E-state index contributed by atoms with van der Waals surface area (Å²) in [7, 11) is 0. The summed E-state index contributed by atoms with van der Waals surface area (Å²) in [5.74, 6) is -0.511. The highest BCUT2D eigenvalue weighted by Crippen LogP contribution is 2.38. The minimum Gasteiger partial charge on any atom is -0.503 e. The Morgan fingerprint density at radius 3 is 2.52 bits per heavy atom. The average Bonchev–Trinajstić information content (AvgIpc) is 3.26. The van der Waals surface area contributed by atoms with Crippen molar-refractivity contribution in [2.24, 2.45) is 0 Å². The predicted molar refractivity (Wildman–Crippen MR) is 103 cm³/mol. The van der Waals surface area contributed by atoms with Gasteiger partial charge in [-0.1, -0.05) is 24.8 Å². The fraction of sp³-hybridized carbons (Fsp3) is 0.429. The standard InChI is InChI=1S/C21H26N2O4/c1-3-14-27-17-8-6-16(7-9-17)19-18(15(2)24)20(25)21(26)23(19)13-12-22-10-4-5-11-22/h3,6-9,19,25H,1,4-5,10-14H2,2H3. The number of hydrogen-bond acceptors (Lipinski definition) is 5. The van der Waals surface area contributed by atoms with Gasteiger partial charge in [0.15, 0.2) is 11.5 Å². The molecule has 2 aliphatic heterocycles. The number of likely N-dealkylation sites (tertiary alicyclic amines) is 1. The van der Waals surface area contributed by atoms with Crippen molar-refractivity contribution in [2.75, 3.05) is 32.8 Å². The second-order valence-electron chi connectivity index (χ2n) is 6.94. The van der Waals surface area contributed by atoms with Crippen LogP contribution < -0.4 is 4.74 Å². The zero-order chi connectivity index (χ0) is 19.4. The third kappa shape index (κ3) is 4.06. The number of aliphatic hydroxyl groups is 1. The summed E-state index contributed by atoms with van der Waals surface area (Å²) in [5.41, 5.74) is 0.950. The van der Waals surface area contributed by atoms with Gasteiger partial charge in [0.1, 0.15) is 12.4 Å². The lowest BCUT2D eigenvalue weighted by Gasteiger charge is -2.28. The van der Waals surface area contributed by atoms with Crippen molar-refractivity contribution < 1.29 is 19.4 Å². The molecule has 144 valence electrons. The summed E-state index contributed by atoms with van der Waals surface area (Å²) in [6, 6.07) is 6.71. The van der Waals surface area contributed by atoms with Crippen LogP contribution in [0.4, 0.5) is 0 Å². The first-order valence-electron chi connectivity index (χ1n) is 9.34. The highest BCUT2D eigenvalue weighted by Gasteiger charge is 2.42. The third-order valence-corrected chi connectivity index (χ3v) is 5.10. The fourth-order valence-corrected chi connectivity index (χ4v) is 3.75. The molecule has 27 heavy (non-hydrogen) atoms. The summed E-state index contributed by atoms with van der Waals surface area (Å²) in [6.07, 6.45) is 4.01. The van der Waals surface area contributed by atoms with E-state index in [1.54, 1.807) is 23.1 Å².